The van der Waals surface area contributed by atoms with Crippen molar-refractivity contribution in [3.8, 4) is 11.5 Å². The first kappa shape index (κ1) is 27.5. The number of amides is 1. The van der Waals surface area contributed by atoms with Gasteiger partial charge in [-0.2, -0.15) is 13.2 Å². The van der Waals surface area contributed by atoms with Crippen LogP contribution < -0.4 is 14.8 Å². The van der Waals surface area contributed by atoms with Gasteiger partial charge < -0.3 is 23.9 Å². The number of nitrogens with zero attached hydrogens (tertiary/aromatic N) is 2. The molecule has 1 aromatic heterocycles. The number of benzene rings is 2. The molecule has 0 bridgehead atoms. The van der Waals surface area contributed by atoms with Gasteiger partial charge in [-0.25, -0.2) is 4.98 Å². The van der Waals surface area contributed by atoms with Crippen LogP contribution in [0.2, 0.25) is 0 Å². The van der Waals surface area contributed by atoms with E-state index < -0.39 is 11.7 Å². The van der Waals surface area contributed by atoms with Gasteiger partial charge in [-0.3, -0.25) is 9.69 Å². The number of oxazole rings is 1. The predicted molar refractivity (Wildman–Crippen MR) is 132 cm³/mol. The van der Waals surface area contributed by atoms with Crippen LogP contribution >= 0.6 is 0 Å². The summed E-state index contributed by atoms with van der Waals surface area (Å²) >= 11 is 0. The van der Waals surface area contributed by atoms with Crippen LogP contribution in [0, 0.1) is 0 Å². The second-order valence-electron chi connectivity index (χ2n) is 8.99. The number of alkyl halides is 3. The Bertz CT molecular complexity index is 1220. The number of hydrogen-bond donors (Lipinski definition) is 1. The summed E-state index contributed by atoms with van der Waals surface area (Å²) in [5.41, 5.74) is 0.619. The summed E-state index contributed by atoms with van der Waals surface area (Å²) in [4.78, 5) is 18.7. The van der Waals surface area contributed by atoms with Crippen molar-refractivity contribution in [3.05, 3.63) is 77.0 Å². The Balaban J connectivity index is 1.53. The smallest absolute Gasteiger partial charge is 0.416 e. The monoisotopic (exact) mass is 533 g/mol. The number of halogens is 3. The van der Waals surface area contributed by atoms with Crippen molar-refractivity contribution in [1.82, 2.24) is 15.2 Å². The van der Waals surface area contributed by atoms with Gasteiger partial charge in [0.15, 0.2) is 5.69 Å². The van der Waals surface area contributed by atoms with E-state index in [1.165, 1.54) is 19.4 Å². The Hall–Kier alpha value is -3.57. The van der Waals surface area contributed by atoms with E-state index in [0.717, 1.165) is 30.5 Å². The molecule has 0 spiro atoms. The third-order valence-electron chi connectivity index (χ3n) is 6.20. The van der Waals surface area contributed by atoms with E-state index in [2.05, 4.69) is 10.3 Å². The minimum atomic E-state index is -4.45. The Labute approximate surface area is 218 Å². The maximum Gasteiger partial charge on any atom is 0.416 e. The molecule has 8 nitrogen and oxygen atoms in total. The molecule has 11 heteroatoms. The second-order valence-corrected chi connectivity index (χ2v) is 8.99. The number of ether oxygens (including phenoxy) is 3. The summed E-state index contributed by atoms with van der Waals surface area (Å²) in [6, 6.07) is 10.5. The van der Waals surface area contributed by atoms with E-state index in [0.29, 0.717) is 36.8 Å². The van der Waals surface area contributed by atoms with Crippen molar-refractivity contribution in [3.63, 3.8) is 0 Å². The number of nitrogens with one attached hydrogen (secondary N) is 1. The highest BCUT2D eigenvalue weighted by atomic mass is 19.4. The Morgan fingerprint density at radius 1 is 1.13 bits per heavy atom. The zero-order chi connectivity index (χ0) is 27.1. The van der Waals surface area contributed by atoms with E-state index in [9.17, 15) is 18.0 Å². The molecule has 204 valence electrons. The maximum absolute atomic E-state index is 13.3. The van der Waals surface area contributed by atoms with E-state index in [4.69, 9.17) is 18.6 Å². The molecule has 1 amide bonds. The van der Waals surface area contributed by atoms with E-state index in [1.54, 1.807) is 31.4 Å². The summed E-state index contributed by atoms with van der Waals surface area (Å²) in [7, 11) is 3.09. The highest BCUT2D eigenvalue weighted by molar-refractivity contribution is 5.91. The first-order valence-electron chi connectivity index (χ1n) is 12.2. The van der Waals surface area contributed by atoms with Gasteiger partial charge in [0, 0.05) is 31.8 Å². The van der Waals surface area contributed by atoms with Crippen molar-refractivity contribution in [2.45, 2.75) is 44.8 Å². The fraction of sp³-hybridized carbons (Fsp3) is 0.407. The molecule has 0 aliphatic carbocycles. The lowest BCUT2D eigenvalue weighted by Gasteiger charge is -2.23. The minimum absolute atomic E-state index is 0.00822. The predicted octanol–water partition coefficient (Wildman–Crippen LogP) is 4.82. The molecule has 1 fully saturated rings. The second kappa shape index (κ2) is 12.3. The molecule has 3 aromatic rings. The molecule has 1 N–H and O–H groups in total. The van der Waals surface area contributed by atoms with Gasteiger partial charge in [-0.15, -0.1) is 0 Å². The van der Waals surface area contributed by atoms with E-state index >= 15 is 0 Å². The van der Waals surface area contributed by atoms with Crippen LogP contribution in [0.3, 0.4) is 0 Å². The Morgan fingerprint density at radius 3 is 2.68 bits per heavy atom. The van der Waals surface area contributed by atoms with Gasteiger partial charge in [0.2, 0.25) is 5.89 Å². The number of aromatic nitrogens is 1. The molecule has 0 saturated carbocycles. The molecule has 4 rings (SSSR count). The van der Waals surface area contributed by atoms with Gasteiger partial charge in [0.25, 0.3) is 5.91 Å². The normalized spacial score (nSPS) is 15.6. The summed E-state index contributed by atoms with van der Waals surface area (Å²) < 4.78 is 61.8. The summed E-state index contributed by atoms with van der Waals surface area (Å²) in [6.07, 6.45) is -1.33. The van der Waals surface area contributed by atoms with Crippen LogP contribution in [0.1, 0.15) is 45.9 Å². The van der Waals surface area contributed by atoms with Gasteiger partial charge >= 0.3 is 6.18 Å². The van der Waals surface area contributed by atoms with Gasteiger partial charge in [-0.05, 0) is 42.7 Å². The standard InChI is InChI=1S/C27H30F3N3O5/c1-35-21-8-9-24(36-2)19(12-21)15-33(14-18-5-3-6-20(11-18)27(28,29)30)16-25-32-23(17-38-25)26(34)31-13-22-7-4-10-37-22/h3,5-6,8-9,11-12,17,22H,4,7,10,13-16H2,1-2H3,(H,31,34). The summed E-state index contributed by atoms with van der Waals surface area (Å²) in [6.45, 7) is 1.66. The summed E-state index contributed by atoms with van der Waals surface area (Å²) in [5.74, 6) is 1.08. The molecule has 1 aliphatic heterocycles. The van der Waals surface area contributed by atoms with Crippen molar-refractivity contribution in [2.75, 3.05) is 27.4 Å². The number of carbonyl (C=O) groups excluding carboxylic acids is 1. The lowest BCUT2D eigenvalue weighted by Crippen LogP contribution is -2.32. The average Bonchev–Trinajstić information content (AvgIpc) is 3.59. The first-order valence-corrected chi connectivity index (χ1v) is 12.2. The zero-order valence-electron chi connectivity index (χ0n) is 21.2. The number of methoxy groups -OCH3 is 2. The third kappa shape index (κ3) is 7.26. The van der Waals surface area contributed by atoms with Crippen LogP contribution in [0.5, 0.6) is 11.5 Å². The number of hydrogen-bond acceptors (Lipinski definition) is 7. The molecule has 2 heterocycles. The lowest BCUT2D eigenvalue weighted by molar-refractivity contribution is -0.137. The van der Waals surface area contributed by atoms with Crippen molar-refractivity contribution in [2.24, 2.45) is 0 Å². The molecule has 1 atom stereocenters. The lowest BCUT2D eigenvalue weighted by atomic mass is 10.1. The number of rotatable bonds is 11. The largest absolute Gasteiger partial charge is 0.497 e. The van der Waals surface area contributed by atoms with Gasteiger partial charge in [0.05, 0.1) is 32.4 Å². The topological polar surface area (TPSA) is 86.1 Å². The van der Waals surface area contributed by atoms with E-state index in [1.807, 2.05) is 4.90 Å². The van der Waals surface area contributed by atoms with Crippen molar-refractivity contribution >= 4 is 5.91 Å². The van der Waals surface area contributed by atoms with Crippen LogP contribution in [0.4, 0.5) is 13.2 Å². The molecule has 38 heavy (non-hydrogen) atoms. The molecule has 0 radical (unpaired) electrons. The fourth-order valence-corrected chi connectivity index (χ4v) is 4.30. The number of carbonyl (C=O) groups is 1. The van der Waals surface area contributed by atoms with Crippen LogP contribution in [0.15, 0.2) is 53.1 Å². The quantitative estimate of drug-likeness (QED) is 0.378. The van der Waals surface area contributed by atoms with Crippen molar-refractivity contribution < 1.29 is 36.6 Å². The fourth-order valence-electron chi connectivity index (χ4n) is 4.30. The van der Waals surface area contributed by atoms with E-state index in [-0.39, 0.29) is 36.7 Å². The highest BCUT2D eigenvalue weighted by Crippen LogP contribution is 2.31. The minimum Gasteiger partial charge on any atom is -0.497 e. The van der Waals surface area contributed by atoms with Crippen LogP contribution in [-0.2, 0) is 30.5 Å². The Kier molecular flexibility index (Phi) is 8.90. The van der Waals surface area contributed by atoms with Gasteiger partial charge in [0.1, 0.15) is 17.8 Å². The van der Waals surface area contributed by atoms with Crippen molar-refractivity contribution in [1.29, 1.82) is 0 Å². The third-order valence-corrected chi connectivity index (χ3v) is 6.20. The summed E-state index contributed by atoms with van der Waals surface area (Å²) in [5, 5.41) is 2.80. The van der Waals surface area contributed by atoms with Gasteiger partial charge in [-0.1, -0.05) is 18.2 Å². The highest BCUT2D eigenvalue weighted by Gasteiger charge is 2.30. The molecule has 1 aliphatic rings. The van der Waals surface area contributed by atoms with Crippen LogP contribution in [0.25, 0.3) is 0 Å². The Morgan fingerprint density at radius 2 is 1.97 bits per heavy atom. The molecule has 1 saturated heterocycles. The first-order chi connectivity index (χ1) is 18.2. The van der Waals surface area contributed by atoms with Crippen LogP contribution in [-0.4, -0.2) is 49.3 Å². The molecule has 2 aromatic carbocycles. The average molecular weight is 534 g/mol. The molecular formula is C27H30F3N3O5. The molecular weight excluding hydrogens is 503 g/mol. The maximum atomic E-state index is 13.3. The molecule has 1 unspecified atom stereocenters. The SMILES string of the molecule is COc1ccc(OC)c(CN(Cc2cccc(C(F)(F)F)c2)Cc2nc(C(=O)NCC3CCCO3)co2)c1. The zero-order valence-corrected chi connectivity index (χ0v) is 21.2.